The monoisotopic (exact) mass is 415 g/mol. The average molecular weight is 415 g/mol. The number of nitrogens with zero attached hydrogens (tertiary/aromatic N) is 2. The number of carboxylic acids is 1. The molecule has 2 heterocycles. The van der Waals surface area contributed by atoms with Gasteiger partial charge in [0.1, 0.15) is 11.3 Å². The number of hydrogen-bond donors (Lipinski definition) is 2. The lowest BCUT2D eigenvalue weighted by atomic mass is 9.98. The Labute approximate surface area is 170 Å². The predicted octanol–water partition coefficient (Wildman–Crippen LogP) is 5.18. The van der Waals surface area contributed by atoms with Gasteiger partial charge in [-0.25, -0.2) is 18.0 Å². The molecule has 4 aromatic rings. The number of hydrogen-bond acceptors (Lipinski definition) is 2. The maximum atomic E-state index is 15.5. The third-order valence-electron chi connectivity index (χ3n) is 5.35. The third kappa shape index (κ3) is 3.03. The second kappa shape index (κ2) is 7.19. The van der Waals surface area contributed by atoms with Crippen LogP contribution in [0.2, 0.25) is 0 Å². The number of fused-ring (bicyclic) bond motifs is 2. The van der Waals surface area contributed by atoms with E-state index in [2.05, 4.69) is 10.2 Å². The standard InChI is InChI=1S/C22H20F3N3O2/c1-10(2)21-14(8-16(24)22(29)30)18-17(7-12-9-26-27-20(12)19(18)25)28(21)13-4-5-15(23)11(3)6-13/h4-7,9-10,16H,8H2,1-3H3,(H,26,27)(H,29,30)/t16-/m1/s1. The fraction of sp³-hybridized carbons (Fsp3) is 0.273. The molecule has 0 amide bonds. The van der Waals surface area contributed by atoms with Gasteiger partial charge in [0.2, 0.25) is 6.17 Å². The third-order valence-corrected chi connectivity index (χ3v) is 5.35. The number of aromatic nitrogens is 3. The number of carboxylic acid groups (broad SMARTS) is 1. The van der Waals surface area contributed by atoms with Gasteiger partial charge in [-0.15, -0.1) is 0 Å². The Hall–Kier alpha value is -3.29. The van der Waals surface area contributed by atoms with E-state index in [0.717, 1.165) is 0 Å². The van der Waals surface area contributed by atoms with Gasteiger partial charge in [0.15, 0.2) is 5.82 Å². The van der Waals surface area contributed by atoms with Crippen molar-refractivity contribution in [2.24, 2.45) is 0 Å². The molecule has 2 aromatic heterocycles. The molecule has 0 saturated heterocycles. The molecule has 1 atom stereocenters. The first-order chi connectivity index (χ1) is 14.2. The van der Waals surface area contributed by atoms with Gasteiger partial charge in [-0.1, -0.05) is 13.8 Å². The molecule has 156 valence electrons. The number of aromatic amines is 1. The molecule has 0 aliphatic heterocycles. The Bertz CT molecular complexity index is 1290. The van der Waals surface area contributed by atoms with Gasteiger partial charge >= 0.3 is 5.97 Å². The van der Waals surface area contributed by atoms with Crippen LogP contribution >= 0.6 is 0 Å². The SMILES string of the molecule is Cc1cc(-n2c(C(C)C)c(C[C@@H](F)C(=O)O)c3c(F)c4[nH]ncc4cc32)ccc1F. The summed E-state index contributed by atoms with van der Waals surface area (Å²) in [5.41, 5.74) is 2.47. The Balaban J connectivity index is 2.15. The molecule has 0 aliphatic rings. The summed E-state index contributed by atoms with van der Waals surface area (Å²) < 4.78 is 45.5. The van der Waals surface area contributed by atoms with Crippen molar-refractivity contribution in [1.29, 1.82) is 0 Å². The molecule has 4 rings (SSSR count). The highest BCUT2D eigenvalue weighted by Gasteiger charge is 2.29. The highest BCUT2D eigenvalue weighted by atomic mass is 19.1. The zero-order chi connectivity index (χ0) is 21.7. The van der Waals surface area contributed by atoms with E-state index in [1.807, 2.05) is 13.8 Å². The Kier molecular flexibility index (Phi) is 4.80. The molecule has 0 saturated carbocycles. The molecule has 0 fully saturated rings. The van der Waals surface area contributed by atoms with Crippen LogP contribution < -0.4 is 0 Å². The molecular formula is C22H20F3N3O2. The van der Waals surface area contributed by atoms with Gasteiger partial charge in [0.25, 0.3) is 0 Å². The van der Waals surface area contributed by atoms with Crippen molar-refractivity contribution in [3.8, 4) is 5.69 Å². The zero-order valence-corrected chi connectivity index (χ0v) is 16.6. The fourth-order valence-electron chi connectivity index (χ4n) is 4.02. The van der Waals surface area contributed by atoms with Gasteiger partial charge in [-0.05, 0) is 48.2 Å². The van der Waals surface area contributed by atoms with Crippen LogP contribution in [0, 0.1) is 18.6 Å². The summed E-state index contributed by atoms with van der Waals surface area (Å²) in [6.07, 6.45) is -1.19. The minimum absolute atomic E-state index is 0.140. The van der Waals surface area contributed by atoms with E-state index in [0.29, 0.717) is 27.8 Å². The average Bonchev–Trinajstić information content (AvgIpc) is 3.27. The highest BCUT2D eigenvalue weighted by Crippen LogP contribution is 2.39. The largest absolute Gasteiger partial charge is 0.479 e. The number of H-pyrrole nitrogens is 1. The lowest BCUT2D eigenvalue weighted by Crippen LogP contribution is -2.18. The van der Waals surface area contributed by atoms with Gasteiger partial charge < -0.3 is 9.67 Å². The number of halogens is 3. The minimum Gasteiger partial charge on any atom is -0.479 e. The summed E-state index contributed by atoms with van der Waals surface area (Å²) in [4.78, 5) is 11.2. The normalized spacial score (nSPS) is 12.9. The van der Waals surface area contributed by atoms with Crippen LogP contribution in [0.5, 0.6) is 0 Å². The summed E-state index contributed by atoms with van der Waals surface area (Å²) in [7, 11) is 0. The van der Waals surface area contributed by atoms with Crippen molar-refractivity contribution in [3.05, 3.63) is 58.9 Å². The number of alkyl halides is 1. The van der Waals surface area contributed by atoms with Crippen LogP contribution in [0.3, 0.4) is 0 Å². The smallest absolute Gasteiger partial charge is 0.338 e. The van der Waals surface area contributed by atoms with Crippen LogP contribution in [-0.2, 0) is 11.2 Å². The molecule has 8 heteroatoms. The van der Waals surface area contributed by atoms with Crippen molar-refractivity contribution in [2.75, 3.05) is 0 Å². The zero-order valence-electron chi connectivity index (χ0n) is 16.6. The number of aryl methyl sites for hydroxylation is 1. The second-order valence-electron chi connectivity index (χ2n) is 7.72. The molecule has 2 N–H and O–H groups in total. The maximum Gasteiger partial charge on any atom is 0.338 e. The number of nitrogens with one attached hydrogen (secondary N) is 1. The molecule has 30 heavy (non-hydrogen) atoms. The van der Waals surface area contributed by atoms with Crippen molar-refractivity contribution < 1.29 is 23.1 Å². The number of benzene rings is 2. The van der Waals surface area contributed by atoms with Crippen LogP contribution in [0.25, 0.3) is 27.5 Å². The van der Waals surface area contributed by atoms with Crippen molar-refractivity contribution in [3.63, 3.8) is 0 Å². The minimum atomic E-state index is -2.19. The number of carbonyl (C=O) groups is 1. The first-order valence-electron chi connectivity index (χ1n) is 9.52. The van der Waals surface area contributed by atoms with Crippen LogP contribution in [0.4, 0.5) is 13.2 Å². The topological polar surface area (TPSA) is 70.9 Å². The molecular weight excluding hydrogens is 395 g/mol. The summed E-state index contributed by atoms with van der Waals surface area (Å²) in [6, 6.07) is 6.24. The quantitative estimate of drug-likeness (QED) is 0.472. The molecule has 2 aromatic carbocycles. The van der Waals surface area contributed by atoms with E-state index in [-0.39, 0.29) is 28.2 Å². The highest BCUT2D eigenvalue weighted by molar-refractivity contribution is 5.99. The molecule has 0 aliphatic carbocycles. The Morgan fingerprint density at radius 1 is 1.27 bits per heavy atom. The first-order valence-corrected chi connectivity index (χ1v) is 9.52. The maximum absolute atomic E-state index is 15.5. The van der Waals surface area contributed by atoms with Gasteiger partial charge in [0, 0.05) is 28.6 Å². The molecule has 0 unspecified atom stereocenters. The van der Waals surface area contributed by atoms with Crippen LogP contribution in [-0.4, -0.2) is 32.0 Å². The number of rotatable bonds is 5. The predicted molar refractivity (Wildman–Crippen MR) is 108 cm³/mol. The van der Waals surface area contributed by atoms with Gasteiger partial charge in [-0.2, -0.15) is 5.10 Å². The fourth-order valence-corrected chi connectivity index (χ4v) is 4.02. The number of aliphatic carboxylic acids is 1. The van der Waals surface area contributed by atoms with E-state index in [1.54, 1.807) is 29.7 Å². The molecule has 5 nitrogen and oxygen atoms in total. The van der Waals surface area contributed by atoms with E-state index >= 15 is 4.39 Å². The van der Waals surface area contributed by atoms with Crippen molar-refractivity contribution in [1.82, 2.24) is 14.8 Å². The van der Waals surface area contributed by atoms with Crippen LogP contribution in [0.1, 0.15) is 36.6 Å². The Morgan fingerprint density at radius 2 is 2.00 bits per heavy atom. The van der Waals surface area contributed by atoms with E-state index in [4.69, 9.17) is 5.11 Å². The van der Waals surface area contributed by atoms with E-state index in [1.165, 1.54) is 12.3 Å². The summed E-state index contributed by atoms with van der Waals surface area (Å²) in [5, 5.41) is 16.3. The summed E-state index contributed by atoms with van der Waals surface area (Å²) in [6.45, 7) is 5.35. The Morgan fingerprint density at radius 3 is 2.63 bits per heavy atom. The lowest BCUT2D eigenvalue weighted by Gasteiger charge is -2.16. The van der Waals surface area contributed by atoms with Crippen molar-refractivity contribution in [2.45, 2.75) is 39.3 Å². The van der Waals surface area contributed by atoms with E-state index in [9.17, 15) is 13.6 Å². The summed E-state index contributed by atoms with van der Waals surface area (Å²) in [5.74, 6) is -2.78. The molecule has 0 radical (unpaired) electrons. The van der Waals surface area contributed by atoms with Crippen molar-refractivity contribution >= 4 is 27.8 Å². The van der Waals surface area contributed by atoms with Crippen LogP contribution in [0.15, 0.2) is 30.5 Å². The second-order valence-corrected chi connectivity index (χ2v) is 7.72. The summed E-state index contributed by atoms with van der Waals surface area (Å²) >= 11 is 0. The van der Waals surface area contributed by atoms with Gasteiger partial charge in [-0.3, -0.25) is 5.10 Å². The van der Waals surface area contributed by atoms with E-state index < -0.39 is 24.4 Å². The molecule has 0 spiro atoms. The molecule has 0 bridgehead atoms. The first kappa shape index (κ1) is 20.0. The lowest BCUT2D eigenvalue weighted by molar-refractivity contribution is -0.142. The van der Waals surface area contributed by atoms with Gasteiger partial charge in [0.05, 0.1) is 11.7 Å².